The molecule has 0 aliphatic rings. The fraction of sp³-hybridized carbons (Fsp3) is 0. The Balaban J connectivity index is 1.17. The maximum Gasteiger partial charge on any atom is 0.160 e. The summed E-state index contributed by atoms with van der Waals surface area (Å²) in [6.45, 7) is 0. The van der Waals surface area contributed by atoms with Crippen molar-refractivity contribution in [2.75, 3.05) is 0 Å². The second-order valence-electron chi connectivity index (χ2n) is 13.1. The van der Waals surface area contributed by atoms with Gasteiger partial charge >= 0.3 is 0 Å². The second kappa shape index (κ2) is 10.8. The molecule has 0 aliphatic carbocycles. The molecule has 0 unspecified atom stereocenters. The van der Waals surface area contributed by atoms with E-state index in [4.69, 9.17) is 13.8 Å². The first-order valence-corrected chi connectivity index (χ1v) is 17.2. The van der Waals surface area contributed by atoms with Gasteiger partial charge in [-0.25, -0.2) is 4.98 Å². The molecule has 4 heteroatoms. The van der Waals surface area contributed by atoms with Crippen molar-refractivity contribution in [3.63, 3.8) is 0 Å². The summed E-state index contributed by atoms with van der Waals surface area (Å²) in [4.78, 5) is 5.18. The van der Waals surface area contributed by atoms with Gasteiger partial charge in [0.2, 0.25) is 0 Å². The maximum absolute atomic E-state index is 6.81. The summed E-state index contributed by atoms with van der Waals surface area (Å²) < 4.78 is 15.9. The van der Waals surface area contributed by atoms with E-state index in [2.05, 4.69) is 156 Å². The number of furan rings is 2. The van der Waals surface area contributed by atoms with Crippen LogP contribution in [0.4, 0.5) is 0 Å². The Morgan fingerprint density at radius 1 is 0.392 bits per heavy atom. The van der Waals surface area contributed by atoms with E-state index in [0.717, 1.165) is 105 Å². The van der Waals surface area contributed by atoms with E-state index in [-0.39, 0.29) is 0 Å². The number of pyridine rings is 1. The highest BCUT2D eigenvalue weighted by Gasteiger charge is 2.26. The second-order valence-corrected chi connectivity index (χ2v) is 13.1. The molecule has 0 aliphatic heterocycles. The number of aromatic nitrogens is 2. The molecule has 0 fully saturated rings. The molecular weight excluding hydrogens is 625 g/mol. The predicted octanol–water partition coefficient (Wildman–Crippen LogP) is 13.0. The molecule has 0 saturated carbocycles. The molecule has 0 spiro atoms. The number of benzene rings is 7. The van der Waals surface area contributed by atoms with E-state index in [9.17, 15) is 0 Å². The standard InChI is InChI=1S/C47H28N2O2/c1-3-13-29(14-4-1)32-27-37(30-15-5-2-6-16-30)48-38(28-32)31-23-25-33(26-24-31)49-39-20-10-7-17-34(39)44-45(49)47-43(36-19-9-12-22-41(36)51-47)42-35-18-8-11-21-40(35)50-46(42)44/h1-28H. The van der Waals surface area contributed by atoms with Gasteiger partial charge in [0.25, 0.3) is 0 Å². The van der Waals surface area contributed by atoms with Crippen LogP contribution in [0.3, 0.4) is 0 Å². The molecule has 0 amide bonds. The van der Waals surface area contributed by atoms with E-state index in [0.29, 0.717) is 0 Å². The van der Waals surface area contributed by atoms with Crippen LogP contribution in [0.15, 0.2) is 179 Å². The van der Waals surface area contributed by atoms with Crippen molar-refractivity contribution in [2.45, 2.75) is 0 Å². The summed E-state index contributed by atoms with van der Waals surface area (Å²) in [7, 11) is 0. The van der Waals surface area contributed by atoms with E-state index in [1.807, 2.05) is 18.2 Å². The van der Waals surface area contributed by atoms with E-state index in [1.54, 1.807) is 0 Å². The number of para-hydroxylation sites is 3. The van der Waals surface area contributed by atoms with Crippen LogP contribution in [0.5, 0.6) is 0 Å². The monoisotopic (exact) mass is 652 g/mol. The van der Waals surface area contributed by atoms with Gasteiger partial charge in [-0.05, 0) is 53.6 Å². The summed E-state index contributed by atoms with van der Waals surface area (Å²) in [5.74, 6) is 0. The van der Waals surface area contributed by atoms with Crippen LogP contribution >= 0.6 is 0 Å². The summed E-state index contributed by atoms with van der Waals surface area (Å²) >= 11 is 0. The quantitative estimate of drug-likeness (QED) is 0.190. The molecule has 11 rings (SSSR count). The fourth-order valence-electron chi connectivity index (χ4n) is 7.90. The fourth-order valence-corrected chi connectivity index (χ4v) is 7.90. The lowest BCUT2D eigenvalue weighted by Gasteiger charge is -2.12. The zero-order valence-corrected chi connectivity index (χ0v) is 27.4. The molecule has 0 N–H and O–H groups in total. The molecule has 4 nitrogen and oxygen atoms in total. The SMILES string of the molecule is c1ccc(-c2cc(-c3ccccc3)nc(-c3ccc(-n4c5ccccc5c5c6oc7ccccc7c6c6c7ccccc7oc6c54)cc3)c2)cc1. The van der Waals surface area contributed by atoms with Gasteiger partial charge in [0, 0.05) is 43.7 Å². The molecule has 0 atom stereocenters. The lowest BCUT2D eigenvalue weighted by atomic mass is 10.00. The first kappa shape index (κ1) is 28.0. The Hall–Kier alpha value is -6.91. The van der Waals surface area contributed by atoms with Crippen LogP contribution in [-0.4, -0.2) is 9.55 Å². The van der Waals surface area contributed by atoms with Crippen LogP contribution in [0.1, 0.15) is 0 Å². The van der Waals surface area contributed by atoms with Gasteiger partial charge in [0.1, 0.15) is 22.3 Å². The van der Waals surface area contributed by atoms with E-state index >= 15 is 0 Å². The van der Waals surface area contributed by atoms with Gasteiger partial charge in [-0.1, -0.05) is 127 Å². The van der Waals surface area contributed by atoms with Gasteiger partial charge in [0.15, 0.2) is 5.58 Å². The first-order valence-electron chi connectivity index (χ1n) is 17.2. The minimum atomic E-state index is 0.857. The lowest BCUT2D eigenvalue weighted by Crippen LogP contribution is -1.95. The maximum atomic E-state index is 6.81. The Labute approximate surface area is 292 Å². The molecule has 51 heavy (non-hydrogen) atoms. The average Bonchev–Trinajstić information content (AvgIpc) is 3.88. The molecule has 0 radical (unpaired) electrons. The zero-order valence-electron chi connectivity index (χ0n) is 27.4. The van der Waals surface area contributed by atoms with Crippen LogP contribution in [0.25, 0.3) is 105 Å². The van der Waals surface area contributed by atoms with Gasteiger partial charge in [-0.3, -0.25) is 0 Å². The number of nitrogens with zero attached hydrogens (tertiary/aromatic N) is 2. The molecule has 4 heterocycles. The highest BCUT2D eigenvalue weighted by atomic mass is 16.3. The molecule has 0 saturated heterocycles. The van der Waals surface area contributed by atoms with Gasteiger partial charge in [-0.2, -0.15) is 0 Å². The third-order valence-electron chi connectivity index (χ3n) is 10.2. The summed E-state index contributed by atoms with van der Waals surface area (Å²) in [6.07, 6.45) is 0. The molecule has 7 aromatic carbocycles. The Morgan fingerprint density at radius 3 is 1.57 bits per heavy atom. The Bertz CT molecular complexity index is 3060. The molecular formula is C47H28N2O2. The van der Waals surface area contributed by atoms with Gasteiger partial charge < -0.3 is 13.4 Å². The Kier molecular flexibility index (Phi) is 5.92. The van der Waals surface area contributed by atoms with Crippen LogP contribution in [0, 0.1) is 0 Å². The topological polar surface area (TPSA) is 44.1 Å². The van der Waals surface area contributed by atoms with Crippen molar-refractivity contribution in [1.29, 1.82) is 0 Å². The number of rotatable bonds is 4. The van der Waals surface area contributed by atoms with Crippen molar-refractivity contribution in [3.8, 4) is 39.3 Å². The highest BCUT2D eigenvalue weighted by Crippen LogP contribution is 2.48. The average molecular weight is 653 g/mol. The van der Waals surface area contributed by atoms with Crippen LogP contribution < -0.4 is 0 Å². The Morgan fingerprint density at radius 2 is 0.902 bits per heavy atom. The zero-order chi connectivity index (χ0) is 33.5. The smallest absolute Gasteiger partial charge is 0.160 e. The third-order valence-corrected chi connectivity index (χ3v) is 10.2. The lowest BCUT2D eigenvalue weighted by molar-refractivity contribution is 0.667. The van der Waals surface area contributed by atoms with Crippen molar-refractivity contribution in [3.05, 3.63) is 170 Å². The van der Waals surface area contributed by atoms with Gasteiger partial charge in [-0.15, -0.1) is 0 Å². The number of hydrogen-bond acceptors (Lipinski definition) is 3. The van der Waals surface area contributed by atoms with Crippen molar-refractivity contribution >= 4 is 65.7 Å². The van der Waals surface area contributed by atoms with Crippen LogP contribution in [-0.2, 0) is 0 Å². The third kappa shape index (κ3) is 4.17. The number of fused-ring (bicyclic) bond motifs is 12. The highest BCUT2D eigenvalue weighted by molar-refractivity contribution is 6.38. The normalized spacial score (nSPS) is 11.9. The van der Waals surface area contributed by atoms with Crippen molar-refractivity contribution in [2.24, 2.45) is 0 Å². The summed E-state index contributed by atoms with van der Waals surface area (Å²) in [5.41, 5.74) is 12.9. The first-order chi connectivity index (χ1) is 25.3. The van der Waals surface area contributed by atoms with Gasteiger partial charge in [0.05, 0.1) is 22.3 Å². The summed E-state index contributed by atoms with van der Waals surface area (Å²) in [6, 6.07) is 59.2. The minimum Gasteiger partial charge on any atom is -0.455 e. The summed E-state index contributed by atoms with van der Waals surface area (Å²) in [5, 5.41) is 6.51. The minimum absolute atomic E-state index is 0.857. The van der Waals surface area contributed by atoms with E-state index in [1.165, 1.54) is 0 Å². The molecule has 11 aromatic rings. The number of hydrogen-bond donors (Lipinski definition) is 0. The van der Waals surface area contributed by atoms with Crippen molar-refractivity contribution in [1.82, 2.24) is 9.55 Å². The van der Waals surface area contributed by atoms with E-state index < -0.39 is 0 Å². The van der Waals surface area contributed by atoms with Crippen LogP contribution in [0.2, 0.25) is 0 Å². The largest absolute Gasteiger partial charge is 0.455 e. The predicted molar refractivity (Wildman–Crippen MR) is 209 cm³/mol. The van der Waals surface area contributed by atoms with Crippen molar-refractivity contribution < 1.29 is 8.83 Å². The molecule has 238 valence electrons. The molecule has 4 aromatic heterocycles. The molecule has 0 bridgehead atoms.